The number of aliphatic imine (C=N–C) groups is 1. The Labute approximate surface area is 226 Å². The lowest BCUT2D eigenvalue weighted by atomic mass is 9.88. The second-order valence-corrected chi connectivity index (χ2v) is 10.5. The van der Waals surface area contributed by atoms with Gasteiger partial charge in [-0.1, -0.05) is 36.4 Å². The Bertz CT molecular complexity index is 1470. The maximum Gasteiger partial charge on any atom is 0.309 e. The number of carbonyl (C=O) groups is 2. The number of para-hydroxylation sites is 1. The standard InChI is InChI=1S/C30H29FN4O4/c1-29(2,3)39-25(36)17-30(14-8-15-33-30)26(37)22-18-32-28(35-16-13-20-9-5-7-12-24(20)35)34-27(22)38-19-21-10-4-6-11-23(21)31/h4-12,14-15,18H,13,16-17,19H2,1-3H3. The third-order valence-electron chi connectivity index (χ3n) is 6.43. The van der Waals surface area contributed by atoms with Gasteiger partial charge in [-0.25, -0.2) is 9.37 Å². The van der Waals surface area contributed by atoms with Crippen LogP contribution in [0.15, 0.2) is 71.9 Å². The van der Waals surface area contributed by atoms with Gasteiger partial charge >= 0.3 is 5.97 Å². The number of benzene rings is 2. The molecule has 0 amide bonds. The van der Waals surface area contributed by atoms with Crippen molar-refractivity contribution in [1.29, 1.82) is 0 Å². The van der Waals surface area contributed by atoms with Gasteiger partial charge < -0.3 is 14.4 Å². The van der Waals surface area contributed by atoms with E-state index in [4.69, 9.17) is 9.47 Å². The number of halogens is 1. The SMILES string of the molecule is CC(C)(C)OC(=O)CC1(C(=O)c2cnc(N3CCc4ccccc43)nc2OCc2ccccc2F)C=CC=N1. The predicted molar refractivity (Wildman–Crippen MR) is 145 cm³/mol. The number of Topliss-reactive ketones (excluding diaryl/α,β-unsaturated/α-hetero) is 1. The molecule has 0 saturated heterocycles. The molecule has 3 aromatic rings. The van der Waals surface area contributed by atoms with Crippen molar-refractivity contribution in [2.45, 2.75) is 51.4 Å². The first-order chi connectivity index (χ1) is 18.7. The lowest BCUT2D eigenvalue weighted by molar-refractivity contribution is -0.155. The van der Waals surface area contributed by atoms with Crippen molar-refractivity contribution in [3.05, 3.63) is 89.4 Å². The van der Waals surface area contributed by atoms with Crippen LogP contribution in [0.2, 0.25) is 0 Å². The molecule has 0 aliphatic carbocycles. The summed E-state index contributed by atoms with van der Waals surface area (Å²) < 4.78 is 25.8. The molecule has 2 aliphatic rings. The van der Waals surface area contributed by atoms with Crippen LogP contribution in [0.25, 0.3) is 0 Å². The van der Waals surface area contributed by atoms with Crippen molar-refractivity contribution in [3.63, 3.8) is 0 Å². The number of esters is 1. The molecule has 3 heterocycles. The largest absolute Gasteiger partial charge is 0.472 e. The van der Waals surface area contributed by atoms with E-state index in [-0.39, 0.29) is 24.5 Å². The van der Waals surface area contributed by atoms with Crippen LogP contribution in [0.4, 0.5) is 16.0 Å². The Morgan fingerprint density at radius 1 is 1.10 bits per heavy atom. The number of allylic oxidation sites excluding steroid dienone is 1. The number of hydrogen-bond donors (Lipinski definition) is 0. The molecule has 39 heavy (non-hydrogen) atoms. The fraction of sp³-hybridized carbons (Fsp3) is 0.300. The zero-order valence-electron chi connectivity index (χ0n) is 22.1. The molecule has 0 fully saturated rings. The highest BCUT2D eigenvalue weighted by Crippen LogP contribution is 2.36. The number of ether oxygens (including phenoxy) is 2. The van der Waals surface area contributed by atoms with Gasteiger partial charge in [-0.05, 0) is 57.0 Å². The van der Waals surface area contributed by atoms with E-state index >= 15 is 0 Å². The van der Waals surface area contributed by atoms with Crippen molar-refractivity contribution in [3.8, 4) is 5.88 Å². The van der Waals surface area contributed by atoms with E-state index in [9.17, 15) is 14.0 Å². The van der Waals surface area contributed by atoms with Gasteiger partial charge in [0.1, 0.15) is 23.6 Å². The summed E-state index contributed by atoms with van der Waals surface area (Å²) in [5.74, 6) is -1.18. The van der Waals surface area contributed by atoms with Gasteiger partial charge in [0.2, 0.25) is 17.6 Å². The normalized spacial score (nSPS) is 17.8. The third kappa shape index (κ3) is 5.57. The number of rotatable bonds is 8. The summed E-state index contributed by atoms with van der Waals surface area (Å²) in [5.41, 5.74) is 0.236. The monoisotopic (exact) mass is 528 g/mol. The van der Waals surface area contributed by atoms with Crippen molar-refractivity contribution in [1.82, 2.24) is 9.97 Å². The Kier molecular flexibility index (Phi) is 6.99. The number of hydrogen-bond acceptors (Lipinski definition) is 8. The van der Waals surface area contributed by atoms with E-state index in [1.165, 1.54) is 18.5 Å². The molecule has 2 aromatic carbocycles. The van der Waals surface area contributed by atoms with Gasteiger partial charge in [-0.15, -0.1) is 0 Å². The number of aromatic nitrogens is 2. The fourth-order valence-corrected chi connectivity index (χ4v) is 4.63. The topological polar surface area (TPSA) is 94.0 Å². The van der Waals surface area contributed by atoms with Gasteiger partial charge in [0.25, 0.3) is 0 Å². The number of carbonyl (C=O) groups excluding carboxylic acids is 2. The van der Waals surface area contributed by atoms with E-state index in [1.807, 2.05) is 29.2 Å². The second kappa shape index (κ2) is 10.4. The summed E-state index contributed by atoms with van der Waals surface area (Å²) in [7, 11) is 0. The summed E-state index contributed by atoms with van der Waals surface area (Å²) in [6.45, 7) is 5.77. The average molecular weight is 529 g/mol. The summed E-state index contributed by atoms with van der Waals surface area (Å²) in [4.78, 5) is 42.1. The minimum absolute atomic E-state index is 0.0169. The average Bonchev–Trinajstić information content (AvgIpc) is 3.54. The molecule has 2 aliphatic heterocycles. The van der Waals surface area contributed by atoms with Crippen LogP contribution < -0.4 is 9.64 Å². The number of fused-ring (bicyclic) bond motifs is 1. The molecule has 9 heteroatoms. The minimum Gasteiger partial charge on any atom is -0.472 e. The van der Waals surface area contributed by atoms with Crippen LogP contribution in [0.3, 0.4) is 0 Å². The molecule has 1 unspecified atom stereocenters. The first kappa shape index (κ1) is 26.2. The van der Waals surface area contributed by atoms with E-state index in [1.54, 1.807) is 51.1 Å². The van der Waals surface area contributed by atoms with Crippen LogP contribution in [-0.4, -0.2) is 45.6 Å². The molecule has 0 radical (unpaired) electrons. The molecular weight excluding hydrogens is 499 g/mol. The second-order valence-electron chi connectivity index (χ2n) is 10.5. The molecule has 1 atom stereocenters. The predicted octanol–water partition coefficient (Wildman–Crippen LogP) is 5.18. The van der Waals surface area contributed by atoms with Crippen LogP contribution >= 0.6 is 0 Å². The molecule has 8 nitrogen and oxygen atoms in total. The Morgan fingerprint density at radius 3 is 2.62 bits per heavy atom. The number of ketones is 1. The van der Waals surface area contributed by atoms with Crippen molar-refractivity contribution >= 4 is 29.6 Å². The van der Waals surface area contributed by atoms with E-state index in [0.717, 1.165) is 17.7 Å². The molecular formula is C30H29FN4O4. The fourth-order valence-electron chi connectivity index (χ4n) is 4.63. The molecule has 5 rings (SSSR count). The summed E-state index contributed by atoms with van der Waals surface area (Å²) in [5, 5.41) is 0. The van der Waals surface area contributed by atoms with E-state index < -0.39 is 28.7 Å². The molecule has 0 spiro atoms. The highest BCUT2D eigenvalue weighted by atomic mass is 19.1. The zero-order chi connectivity index (χ0) is 27.6. The van der Waals surface area contributed by atoms with Crippen LogP contribution in [-0.2, 0) is 22.6 Å². The molecule has 0 saturated carbocycles. The molecule has 0 bridgehead atoms. The highest BCUT2D eigenvalue weighted by molar-refractivity contribution is 6.10. The van der Waals surface area contributed by atoms with Gasteiger partial charge in [0.05, 0.1) is 6.42 Å². The number of nitrogens with zero attached hydrogens (tertiary/aromatic N) is 4. The van der Waals surface area contributed by atoms with Crippen LogP contribution in [0.1, 0.15) is 48.7 Å². The highest BCUT2D eigenvalue weighted by Gasteiger charge is 2.43. The van der Waals surface area contributed by atoms with Gasteiger partial charge in [0.15, 0.2) is 5.54 Å². The first-order valence-electron chi connectivity index (χ1n) is 12.7. The molecule has 1 aromatic heterocycles. The van der Waals surface area contributed by atoms with Crippen molar-refractivity contribution in [2.24, 2.45) is 4.99 Å². The van der Waals surface area contributed by atoms with Crippen LogP contribution in [0.5, 0.6) is 5.88 Å². The van der Waals surface area contributed by atoms with Crippen molar-refractivity contribution < 1.29 is 23.5 Å². The smallest absolute Gasteiger partial charge is 0.309 e. The van der Waals surface area contributed by atoms with Crippen LogP contribution in [0, 0.1) is 5.82 Å². The maximum absolute atomic E-state index is 14.4. The zero-order valence-corrected chi connectivity index (χ0v) is 22.1. The van der Waals surface area contributed by atoms with Crippen molar-refractivity contribution in [2.75, 3.05) is 11.4 Å². The van der Waals surface area contributed by atoms with Gasteiger partial charge in [-0.2, -0.15) is 4.98 Å². The molecule has 200 valence electrons. The minimum atomic E-state index is -1.52. The Balaban J connectivity index is 1.51. The van der Waals surface area contributed by atoms with E-state index in [0.29, 0.717) is 18.1 Å². The summed E-state index contributed by atoms with van der Waals surface area (Å²) in [6, 6.07) is 14.2. The Hall–Kier alpha value is -4.40. The van der Waals surface area contributed by atoms with Gasteiger partial charge in [-0.3, -0.25) is 14.6 Å². The summed E-state index contributed by atoms with van der Waals surface area (Å²) in [6.07, 6.45) is 6.55. The first-order valence-corrected chi connectivity index (χ1v) is 12.7. The van der Waals surface area contributed by atoms with E-state index in [2.05, 4.69) is 15.0 Å². The maximum atomic E-state index is 14.4. The molecule has 0 N–H and O–H groups in total. The lowest BCUT2D eigenvalue weighted by Gasteiger charge is -2.26. The Morgan fingerprint density at radius 2 is 1.87 bits per heavy atom. The third-order valence-corrected chi connectivity index (χ3v) is 6.43. The van der Waals surface area contributed by atoms with Gasteiger partial charge in [0, 0.05) is 30.2 Å². The number of anilines is 2. The summed E-state index contributed by atoms with van der Waals surface area (Å²) >= 11 is 0. The lowest BCUT2D eigenvalue weighted by Crippen LogP contribution is -2.38. The quantitative estimate of drug-likeness (QED) is 0.294.